The van der Waals surface area contributed by atoms with Crippen LogP contribution in [0.25, 0.3) is 5.65 Å². The number of nitrogens with zero attached hydrogens (tertiary/aromatic N) is 4. The van der Waals surface area contributed by atoms with Crippen molar-refractivity contribution in [1.82, 2.24) is 19.5 Å². The SMILES string of the molecule is COc1c(Cl)cc(C(=O)N2CCCC(c3nnc4ccccn34)C2)cc1Cl. The molecule has 0 spiro atoms. The van der Waals surface area contributed by atoms with Crippen LogP contribution in [0, 0.1) is 0 Å². The maximum atomic E-state index is 13.0. The topological polar surface area (TPSA) is 59.7 Å². The fourth-order valence-electron chi connectivity index (χ4n) is 3.57. The van der Waals surface area contributed by atoms with Gasteiger partial charge in [0.15, 0.2) is 11.4 Å². The van der Waals surface area contributed by atoms with Gasteiger partial charge < -0.3 is 9.64 Å². The number of ether oxygens (including phenoxy) is 1. The van der Waals surface area contributed by atoms with Crippen LogP contribution in [0.1, 0.15) is 34.9 Å². The number of likely N-dealkylation sites (tertiary alicyclic amines) is 1. The summed E-state index contributed by atoms with van der Waals surface area (Å²) in [6.45, 7) is 1.27. The van der Waals surface area contributed by atoms with E-state index in [4.69, 9.17) is 27.9 Å². The number of halogens is 2. The quantitative estimate of drug-likeness (QED) is 0.659. The number of carbonyl (C=O) groups excluding carboxylic acids is 1. The van der Waals surface area contributed by atoms with E-state index in [-0.39, 0.29) is 11.8 Å². The summed E-state index contributed by atoms with van der Waals surface area (Å²) in [4.78, 5) is 14.8. The summed E-state index contributed by atoms with van der Waals surface area (Å²) in [6.07, 6.45) is 3.81. The second-order valence-corrected chi connectivity index (χ2v) is 7.36. The summed E-state index contributed by atoms with van der Waals surface area (Å²) in [5, 5.41) is 9.23. The Bertz CT molecular complexity index is 981. The first kappa shape index (κ1) is 18.1. The van der Waals surface area contributed by atoms with Crippen LogP contribution in [0.5, 0.6) is 5.75 Å². The van der Waals surface area contributed by atoms with Crippen molar-refractivity contribution in [3.8, 4) is 5.75 Å². The summed E-state index contributed by atoms with van der Waals surface area (Å²) in [7, 11) is 1.49. The Morgan fingerprint density at radius 3 is 2.74 bits per heavy atom. The highest BCUT2D eigenvalue weighted by molar-refractivity contribution is 6.37. The summed E-state index contributed by atoms with van der Waals surface area (Å²) in [5.74, 6) is 1.29. The molecule has 1 aromatic carbocycles. The van der Waals surface area contributed by atoms with E-state index < -0.39 is 0 Å². The molecule has 2 aromatic heterocycles. The van der Waals surface area contributed by atoms with Crippen LogP contribution in [-0.4, -0.2) is 45.6 Å². The van der Waals surface area contributed by atoms with Gasteiger partial charge in [0.25, 0.3) is 5.91 Å². The van der Waals surface area contributed by atoms with Crippen LogP contribution >= 0.6 is 23.2 Å². The number of benzene rings is 1. The van der Waals surface area contributed by atoms with Gasteiger partial charge in [-0.15, -0.1) is 10.2 Å². The van der Waals surface area contributed by atoms with Gasteiger partial charge in [-0.25, -0.2) is 0 Å². The van der Waals surface area contributed by atoms with Crippen molar-refractivity contribution in [3.63, 3.8) is 0 Å². The Kier molecular flexibility index (Phi) is 4.93. The zero-order valence-corrected chi connectivity index (χ0v) is 16.2. The van der Waals surface area contributed by atoms with Crippen molar-refractivity contribution < 1.29 is 9.53 Å². The van der Waals surface area contributed by atoms with Crippen molar-refractivity contribution in [1.29, 1.82) is 0 Å². The van der Waals surface area contributed by atoms with Gasteiger partial charge in [0.05, 0.1) is 17.2 Å². The molecule has 0 radical (unpaired) electrons. The molecule has 0 N–H and O–H groups in total. The summed E-state index contributed by atoms with van der Waals surface area (Å²) in [6, 6.07) is 9.01. The van der Waals surface area contributed by atoms with Gasteiger partial charge in [-0.2, -0.15) is 0 Å². The summed E-state index contributed by atoms with van der Waals surface area (Å²) in [5.41, 5.74) is 1.27. The molecule has 1 fully saturated rings. The number of pyridine rings is 1. The van der Waals surface area contributed by atoms with Crippen molar-refractivity contribution in [2.45, 2.75) is 18.8 Å². The van der Waals surface area contributed by atoms with Gasteiger partial charge in [0, 0.05) is 30.8 Å². The largest absolute Gasteiger partial charge is 0.494 e. The van der Waals surface area contributed by atoms with E-state index >= 15 is 0 Å². The lowest BCUT2D eigenvalue weighted by molar-refractivity contribution is 0.0704. The van der Waals surface area contributed by atoms with E-state index in [2.05, 4.69) is 10.2 Å². The van der Waals surface area contributed by atoms with Crippen LogP contribution < -0.4 is 4.74 Å². The highest BCUT2D eigenvalue weighted by atomic mass is 35.5. The zero-order chi connectivity index (χ0) is 19.0. The average Bonchev–Trinajstić information content (AvgIpc) is 3.11. The molecule has 140 valence electrons. The second kappa shape index (κ2) is 7.37. The molecule has 0 bridgehead atoms. The summed E-state index contributed by atoms with van der Waals surface area (Å²) >= 11 is 12.4. The number of methoxy groups -OCH3 is 1. The molecule has 1 amide bonds. The molecule has 1 atom stereocenters. The molecular formula is C19H18Cl2N4O2. The number of aromatic nitrogens is 3. The Morgan fingerprint density at radius 1 is 1.22 bits per heavy atom. The minimum atomic E-state index is -0.0972. The fraction of sp³-hybridized carbons (Fsp3) is 0.316. The molecule has 1 unspecified atom stereocenters. The van der Waals surface area contributed by atoms with E-state index in [1.807, 2.05) is 33.7 Å². The number of rotatable bonds is 3. The van der Waals surface area contributed by atoms with E-state index in [0.29, 0.717) is 34.4 Å². The lowest BCUT2D eigenvalue weighted by atomic mass is 9.96. The molecular weight excluding hydrogens is 387 g/mol. The molecule has 0 aliphatic carbocycles. The van der Waals surface area contributed by atoms with Gasteiger partial charge in [0.2, 0.25) is 0 Å². The molecule has 1 aliphatic rings. The number of hydrogen-bond acceptors (Lipinski definition) is 4. The fourth-order valence-corrected chi connectivity index (χ4v) is 4.21. The third-order valence-corrected chi connectivity index (χ3v) is 5.42. The first-order valence-corrected chi connectivity index (χ1v) is 9.46. The van der Waals surface area contributed by atoms with Gasteiger partial charge in [-0.05, 0) is 37.1 Å². The number of fused-ring (bicyclic) bond motifs is 1. The Morgan fingerprint density at radius 2 is 2.00 bits per heavy atom. The predicted octanol–water partition coefficient (Wildman–Crippen LogP) is 4.06. The third kappa shape index (κ3) is 3.35. The first-order chi connectivity index (χ1) is 13.1. The lowest BCUT2D eigenvalue weighted by Gasteiger charge is -2.32. The number of hydrogen-bond donors (Lipinski definition) is 0. The number of carbonyl (C=O) groups is 1. The Hall–Kier alpha value is -2.31. The second-order valence-electron chi connectivity index (χ2n) is 6.55. The molecule has 8 heteroatoms. The average molecular weight is 405 g/mol. The highest BCUT2D eigenvalue weighted by Gasteiger charge is 2.29. The maximum Gasteiger partial charge on any atom is 0.253 e. The van der Waals surface area contributed by atoms with E-state index in [0.717, 1.165) is 24.3 Å². The maximum absolute atomic E-state index is 13.0. The molecule has 0 saturated carbocycles. The van der Waals surface area contributed by atoms with E-state index in [1.54, 1.807) is 12.1 Å². The van der Waals surface area contributed by atoms with Gasteiger partial charge in [-0.3, -0.25) is 9.20 Å². The van der Waals surface area contributed by atoms with E-state index in [9.17, 15) is 4.79 Å². The van der Waals surface area contributed by atoms with Crippen molar-refractivity contribution in [2.24, 2.45) is 0 Å². The van der Waals surface area contributed by atoms with Crippen molar-refractivity contribution in [3.05, 3.63) is 58.0 Å². The molecule has 1 saturated heterocycles. The van der Waals surface area contributed by atoms with Crippen LogP contribution in [0.15, 0.2) is 36.5 Å². The lowest BCUT2D eigenvalue weighted by Crippen LogP contribution is -2.39. The monoisotopic (exact) mass is 404 g/mol. The highest BCUT2D eigenvalue weighted by Crippen LogP contribution is 2.35. The normalized spacial score (nSPS) is 17.3. The summed E-state index contributed by atoms with van der Waals surface area (Å²) < 4.78 is 7.14. The van der Waals surface area contributed by atoms with Crippen molar-refractivity contribution >= 4 is 34.8 Å². The van der Waals surface area contributed by atoms with Crippen LogP contribution in [0.3, 0.4) is 0 Å². The smallest absolute Gasteiger partial charge is 0.253 e. The van der Waals surface area contributed by atoms with Gasteiger partial charge >= 0.3 is 0 Å². The molecule has 4 rings (SSSR count). The van der Waals surface area contributed by atoms with Crippen LogP contribution in [-0.2, 0) is 0 Å². The molecule has 1 aliphatic heterocycles. The van der Waals surface area contributed by atoms with E-state index in [1.165, 1.54) is 7.11 Å². The number of amides is 1. The molecule has 3 heterocycles. The number of piperidine rings is 1. The third-order valence-electron chi connectivity index (χ3n) is 4.86. The molecule has 6 nitrogen and oxygen atoms in total. The minimum Gasteiger partial charge on any atom is -0.494 e. The Labute approximate surface area is 166 Å². The van der Waals surface area contributed by atoms with Crippen molar-refractivity contribution in [2.75, 3.05) is 20.2 Å². The van der Waals surface area contributed by atoms with Crippen LogP contribution in [0.4, 0.5) is 0 Å². The first-order valence-electron chi connectivity index (χ1n) is 8.70. The minimum absolute atomic E-state index is 0.0972. The van der Waals surface area contributed by atoms with Gasteiger partial charge in [-0.1, -0.05) is 29.3 Å². The van der Waals surface area contributed by atoms with Crippen LogP contribution in [0.2, 0.25) is 10.0 Å². The predicted molar refractivity (Wildman–Crippen MR) is 104 cm³/mol. The zero-order valence-electron chi connectivity index (χ0n) is 14.7. The molecule has 3 aromatic rings. The Balaban J connectivity index is 1.59. The van der Waals surface area contributed by atoms with Gasteiger partial charge in [0.1, 0.15) is 5.82 Å². The molecule has 27 heavy (non-hydrogen) atoms. The standard InChI is InChI=1S/C19H18Cl2N4O2/c1-27-17-14(20)9-13(10-15(17)21)19(26)24-7-4-5-12(11-24)18-23-22-16-6-2-3-8-25(16)18/h2-3,6,8-10,12H,4-5,7,11H2,1H3.